The molecular weight excluding hydrogens is 344 g/mol. The molecule has 3 rings (SSSR count). The fraction of sp³-hybridized carbons (Fsp3) is 0.188. The van der Waals surface area contributed by atoms with E-state index in [0.29, 0.717) is 29.5 Å². The van der Waals surface area contributed by atoms with Gasteiger partial charge < -0.3 is 9.47 Å². The highest BCUT2D eigenvalue weighted by Gasteiger charge is 2.07. The molecule has 8 heteroatoms. The maximum absolute atomic E-state index is 5.86. The highest BCUT2D eigenvalue weighted by Crippen LogP contribution is 2.29. The van der Waals surface area contributed by atoms with Crippen molar-refractivity contribution in [3.05, 3.63) is 57.3 Å². The first-order chi connectivity index (χ1) is 11.8. The largest absolute Gasteiger partial charge is 0.490 e. The third-order valence-corrected chi connectivity index (χ3v) is 4.21. The number of hydrogen-bond donors (Lipinski definition) is 1. The van der Waals surface area contributed by atoms with Gasteiger partial charge in [0.05, 0.1) is 12.8 Å². The summed E-state index contributed by atoms with van der Waals surface area (Å²) >= 11 is 6.71. The Balaban J connectivity index is 1.77. The number of nitrogens with zero attached hydrogens (tertiary/aromatic N) is 3. The quantitative estimate of drug-likeness (QED) is 0.513. The molecule has 24 heavy (non-hydrogen) atoms. The minimum atomic E-state index is 0.437. The van der Waals surface area contributed by atoms with Crippen LogP contribution >= 0.6 is 23.6 Å². The molecule has 1 aromatic carbocycles. The summed E-state index contributed by atoms with van der Waals surface area (Å²) in [5.74, 6) is 1.40. The number of rotatable bonds is 7. The maximum atomic E-state index is 5.86. The van der Waals surface area contributed by atoms with Crippen LogP contribution < -0.4 is 9.47 Å². The van der Waals surface area contributed by atoms with E-state index in [1.807, 2.05) is 42.6 Å². The molecule has 0 spiro atoms. The van der Waals surface area contributed by atoms with Crippen LogP contribution in [0.4, 0.5) is 0 Å². The van der Waals surface area contributed by atoms with Crippen molar-refractivity contribution in [3.8, 4) is 11.5 Å². The Labute approximate surface area is 148 Å². The second-order valence-corrected chi connectivity index (χ2v) is 6.18. The smallest absolute Gasteiger partial charge is 0.216 e. The van der Waals surface area contributed by atoms with E-state index in [1.165, 1.54) is 11.0 Å². The van der Waals surface area contributed by atoms with Crippen LogP contribution in [-0.2, 0) is 6.61 Å². The minimum Gasteiger partial charge on any atom is -0.490 e. The van der Waals surface area contributed by atoms with Crippen molar-refractivity contribution >= 4 is 29.8 Å². The number of H-pyrrole nitrogens is 1. The fourth-order valence-corrected chi connectivity index (χ4v) is 2.75. The van der Waals surface area contributed by atoms with Crippen LogP contribution in [0, 0.1) is 4.77 Å². The van der Waals surface area contributed by atoms with Crippen molar-refractivity contribution in [2.75, 3.05) is 6.61 Å². The monoisotopic (exact) mass is 360 g/mol. The molecule has 0 aliphatic heterocycles. The molecule has 2 aromatic heterocycles. The summed E-state index contributed by atoms with van der Waals surface area (Å²) in [5.41, 5.74) is 0.880. The summed E-state index contributed by atoms with van der Waals surface area (Å²) in [7, 11) is 0. The van der Waals surface area contributed by atoms with Gasteiger partial charge in [0.25, 0.3) is 0 Å². The normalized spacial score (nSPS) is 11.0. The molecular formula is C16H16N4O2S2. The Hall–Kier alpha value is -2.45. The number of hydrogen-bond acceptors (Lipinski definition) is 6. The van der Waals surface area contributed by atoms with Crippen LogP contribution in [0.5, 0.6) is 11.5 Å². The van der Waals surface area contributed by atoms with Gasteiger partial charge in [-0.25, -0.2) is 0 Å². The summed E-state index contributed by atoms with van der Waals surface area (Å²) in [4.78, 5) is 1.16. The molecule has 0 fully saturated rings. The van der Waals surface area contributed by atoms with Crippen molar-refractivity contribution < 1.29 is 9.47 Å². The van der Waals surface area contributed by atoms with E-state index in [1.54, 1.807) is 17.6 Å². The van der Waals surface area contributed by atoms with E-state index in [4.69, 9.17) is 21.7 Å². The topological polar surface area (TPSA) is 64.4 Å². The number of nitrogens with one attached hydrogen (secondary N) is 1. The van der Waals surface area contributed by atoms with Gasteiger partial charge in [-0.05, 0) is 54.4 Å². The van der Waals surface area contributed by atoms with E-state index >= 15 is 0 Å². The standard InChI is InChI=1S/C16H16N4O2S2/c1-2-21-15-8-12(9-18-20-11-17-19-16(20)23)5-6-14(15)22-10-13-4-3-7-24-13/h3-9,11H,2,10H2,1H3,(H,19,23)/b18-9-. The highest BCUT2D eigenvalue weighted by molar-refractivity contribution is 7.71. The number of thiophene rings is 1. The number of aromatic nitrogens is 3. The highest BCUT2D eigenvalue weighted by atomic mass is 32.1. The first-order valence-electron chi connectivity index (χ1n) is 7.34. The van der Waals surface area contributed by atoms with Gasteiger partial charge in [-0.2, -0.15) is 14.9 Å². The number of aromatic amines is 1. The SMILES string of the molecule is CCOc1cc(/C=N\n2cn[nH]c2=S)ccc1OCc1cccs1. The van der Waals surface area contributed by atoms with Crippen molar-refractivity contribution in [3.63, 3.8) is 0 Å². The fourth-order valence-electron chi connectivity index (χ4n) is 1.99. The second-order valence-electron chi connectivity index (χ2n) is 4.76. The first-order valence-corrected chi connectivity index (χ1v) is 8.63. The van der Waals surface area contributed by atoms with Crippen LogP contribution in [-0.4, -0.2) is 27.7 Å². The molecule has 3 aromatic rings. The molecule has 1 N–H and O–H groups in total. The molecule has 0 aliphatic carbocycles. The third-order valence-electron chi connectivity index (χ3n) is 3.08. The molecule has 0 saturated carbocycles. The first kappa shape index (κ1) is 16.4. The zero-order chi connectivity index (χ0) is 16.8. The molecule has 124 valence electrons. The Morgan fingerprint density at radius 2 is 2.25 bits per heavy atom. The van der Waals surface area contributed by atoms with Gasteiger partial charge in [0.2, 0.25) is 4.77 Å². The van der Waals surface area contributed by atoms with Crippen molar-refractivity contribution in [2.45, 2.75) is 13.5 Å². The van der Waals surface area contributed by atoms with Crippen LogP contribution in [0.25, 0.3) is 0 Å². The van der Waals surface area contributed by atoms with Crippen molar-refractivity contribution in [1.82, 2.24) is 14.9 Å². The van der Waals surface area contributed by atoms with E-state index < -0.39 is 0 Å². The second kappa shape index (κ2) is 7.89. The van der Waals surface area contributed by atoms with Gasteiger partial charge >= 0.3 is 0 Å². The molecule has 0 unspecified atom stereocenters. The van der Waals surface area contributed by atoms with Crippen LogP contribution in [0.1, 0.15) is 17.4 Å². The zero-order valence-electron chi connectivity index (χ0n) is 13.0. The van der Waals surface area contributed by atoms with Crippen LogP contribution in [0.2, 0.25) is 0 Å². The van der Waals surface area contributed by atoms with Gasteiger partial charge in [0.15, 0.2) is 11.5 Å². The predicted octanol–water partition coefficient (Wildman–Crippen LogP) is 3.86. The van der Waals surface area contributed by atoms with Gasteiger partial charge in [0, 0.05) is 4.88 Å². The summed E-state index contributed by atoms with van der Waals surface area (Å²) < 4.78 is 13.5. The number of benzene rings is 1. The lowest BCUT2D eigenvalue weighted by molar-refractivity contribution is 0.271. The van der Waals surface area contributed by atoms with E-state index in [-0.39, 0.29) is 0 Å². The molecule has 0 bridgehead atoms. The molecule has 0 radical (unpaired) electrons. The molecule has 0 amide bonds. The molecule has 0 aliphatic rings. The number of ether oxygens (including phenoxy) is 2. The van der Waals surface area contributed by atoms with Crippen LogP contribution in [0.15, 0.2) is 47.1 Å². The molecule has 0 atom stereocenters. The average molecular weight is 360 g/mol. The Kier molecular flexibility index (Phi) is 5.39. The zero-order valence-corrected chi connectivity index (χ0v) is 14.6. The van der Waals surface area contributed by atoms with E-state index in [2.05, 4.69) is 15.3 Å². The van der Waals surface area contributed by atoms with Crippen molar-refractivity contribution in [2.24, 2.45) is 5.10 Å². The van der Waals surface area contributed by atoms with Gasteiger partial charge in [-0.3, -0.25) is 5.10 Å². The average Bonchev–Trinajstić information content (AvgIpc) is 3.24. The third kappa shape index (κ3) is 4.09. The molecule has 2 heterocycles. The minimum absolute atomic E-state index is 0.437. The predicted molar refractivity (Wildman–Crippen MR) is 96.7 cm³/mol. The van der Waals surface area contributed by atoms with Crippen molar-refractivity contribution in [1.29, 1.82) is 0 Å². The maximum Gasteiger partial charge on any atom is 0.216 e. The summed E-state index contributed by atoms with van der Waals surface area (Å²) in [6, 6.07) is 9.74. The summed E-state index contributed by atoms with van der Waals surface area (Å²) in [6.07, 6.45) is 3.21. The molecule has 0 saturated heterocycles. The van der Waals surface area contributed by atoms with Gasteiger partial charge in [-0.1, -0.05) is 6.07 Å². The summed E-state index contributed by atoms with van der Waals surface area (Å²) in [6.45, 7) is 3.02. The van der Waals surface area contributed by atoms with Gasteiger partial charge in [0.1, 0.15) is 12.9 Å². The Morgan fingerprint density at radius 1 is 1.33 bits per heavy atom. The lowest BCUT2D eigenvalue weighted by Gasteiger charge is -2.12. The van der Waals surface area contributed by atoms with Crippen LogP contribution in [0.3, 0.4) is 0 Å². The lowest BCUT2D eigenvalue weighted by Crippen LogP contribution is -1.99. The molecule has 6 nitrogen and oxygen atoms in total. The van der Waals surface area contributed by atoms with E-state index in [0.717, 1.165) is 10.4 Å². The van der Waals surface area contributed by atoms with Gasteiger partial charge in [-0.15, -0.1) is 11.3 Å². The van der Waals surface area contributed by atoms with E-state index in [9.17, 15) is 0 Å². The Morgan fingerprint density at radius 3 is 2.96 bits per heavy atom. The lowest BCUT2D eigenvalue weighted by atomic mass is 10.2. The Bertz CT molecular complexity index is 868. The summed E-state index contributed by atoms with van der Waals surface area (Å²) in [5, 5.41) is 12.7.